The van der Waals surface area contributed by atoms with Crippen LogP contribution in [0.1, 0.15) is 38.7 Å². The molecule has 3 heteroatoms. The van der Waals surface area contributed by atoms with Crippen LogP contribution in [0.4, 0.5) is 10.1 Å². The summed E-state index contributed by atoms with van der Waals surface area (Å²) < 4.78 is 14.0. The molecule has 0 bridgehead atoms. The molecule has 0 radical (unpaired) electrons. The number of hydrogen-bond acceptors (Lipinski definition) is 2. The topological polar surface area (TPSA) is 15.3 Å². The van der Waals surface area contributed by atoms with E-state index in [1.807, 2.05) is 13.0 Å². The molecular weight excluding hydrogens is 227 g/mol. The molecule has 0 unspecified atom stereocenters. The predicted molar refractivity (Wildman–Crippen MR) is 74.4 cm³/mol. The first-order valence-electron chi connectivity index (χ1n) is 7.02. The lowest BCUT2D eigenvalue weighted by molar-refractivity contribution is 0.590. The van der Waals surface area contributed by atoms with Gasteiger partial charge >= 0.3 is 0 Å². The van der Waals surface area contributed by atoms with Crippen LogP contribution in [0.3, 0.4) is 0 Å². The van der Waals surface area contributed by atoms with Gasteiger partial charge in [-0.15, -0.1) is 0 Å². The fourth-order valence-corrected chi connectivity index (χ4v) is 2.37. The third-order valence-corrected chi connectivity index (χ3v) is 3.41. The Bertz CT molecular complexity index is 388. The zero-order valence-electron chi connectivity index (χ0n) is 11.4. The van der Waals surface area contributed by atoms with Crippen molar-refractivity contribution in [3.63, 3.8) is 0 Å². The lowest BCUT2D eigenvalue weighted by atomic mass is 10.1. The van der Waals surface area contributed by atoms with Crippen molar-refractivity contribution in [2.75, 3.05) is 18.0 Å². The van der Waals surface area contributed by atoms with Crippen LogP contribution in [-0.2, 0) is 6.54 Å². The molecule has 0 heterocycles. The minimum absolute atomic E-state index is 0.0878. The van der Waals surface area contributed by atoms with Crippen LogP contribution in [0.25, 0.3) is 0 Å². The van der Waals surface area contributed by atoms with Crippen LogP contribution in [0, 0.1) is 5.82 Å². The van der Waals surface area contributed by atoms with Crippen molar-refractivity contribution in [2.24, 2.45) is 0 Å². The summed E-state index contributed by atoms with van der Waals surface area (Å²) in [6.07, 6.45) is 3.60. The van der Waals surface area contributed by atoms with Gasteiger partial charge in [0, 0.05) is 30.4 Å². The van der Waals surface area contributed by atoms with Crippen molar-refractivity contribution >= 4 is 5.69 Å². The Morgan fingerprint density at radius 2 is 2.11 bits per heavy atom. The molecule has 0 spiro atoms. The minimum Gasteiger partial charge on any atom is -0.368 e. The maximum Gasteiger partial charge on any atom is 0.129 e. The molecule has 0 amide bonds. The first kappa shape index (κ1) is 13.3. The van der Waals surface area contributed by atoms with Crippen LogP contribution in [0.2, 0.25) is 0 Å². The van der Waals surface area contributed by atoms with Gasteiger partial charge in [0.25, 0.3) is 0 Å². The molecule has 0 aliphatic heterocycles. The fourth-order valence-electron chi connectivity index (χ4n) is 2.37. The number of nitrogens with one attached hydrogen (secondary N) is 1. The van der Waals surface area contributed by atoms with E-state index in [0.717, 1.165) is 30.8 Å². The molecule has 18 heavy (non-hydrogen) atoms. The molecule has 1 aromatic rings. The summed E-state index contributed by atoms with van der Waals surface area (Å²) in [6.45, 7) is 6.73. The van der Waals surface area contributed by atoms with Gasteiger partial charge < -0.3 is 10.2 Å². The normalized spacial score (nSPS) is 14.8. The second kappa shape index (κ2) is 6.19. The molecule has 1 aliphatic rings. The monoisotopic (exact) mass is 250 g/mol. The Morgan fingerprint density at radius 3 is 2.72 bits per heavy atom. The van der Waals surface area contributed by atoms with Crippen molar-refractivity contribution in [2.45, 2.75) is 45.7 Å². The molecule has 0 atom stereocenters. The third-order valence-electron chi connectivity index (χ3n) is 3.41. The van der Waals surface area contributed by atoms with Crippen molar-refractivity contribution in [1.82, 2.24) is 5.32 Å². The first-order chi connectivity index (χ1) is 8.77. The van der Waals surface area contributed by atoms with E-state index < -0.39 is 0 Å². The van der Waals surface area contributed by atoms with Gasteiger partial charge in [0.2, 0.25) is 0 Å². The van der Waals surface area contributed by atoms with E-state index in [2.05, 4.69) is 23.2 Å². The van der Waals surface area contributed by atoms with E-state index in [1.54, 1.807) is 6.07 Å². The number of benzene rings is 1. The summed E-state index contributed by atoms with van der Waals surface area (Å²) >= 11 is 0. The molecule has 1 aromatic carbocycles. The molecular formula is C15H23FN2. The average molecular weight is 250 g/mol. The lowest BCUT2D eigenvalue weighted by Crippen LogP contribution is -2.28. The SMILES string of the molecule is CCCN(c1cccc(F)c1CNCC)C1CC1. The highest BCUT2D eigenvalue weighted by Crippen LogP contribution is 2.34. The summed E-state index contributed by atoms with van der Waals surface area (Å²) in [5, 5.41) is 3.24. The Hall–Kier alpha value is -1.09. The van der Waals surface area contributed by atoms with E-state index in [9.17, 15) is 4.39 Å². The van der Waals surface area contributed by atoms with Crippen molar-refractivity contribution in [3.05, 3.63) is 29.6 Å². The maximum atomic E-state index is 14.0. The van der Waals surface area contributed by atoms with Gasteiger partial charge in [-0.05, 0) is 37.9 Å². The number of halogens is 1. The number of nitrogens with zero attached hydrogens (tertiary/aromatic N) is 1. The summed E-state index contributed by atoms with van der Waals surface area (Å²) in [5.74, 6) is -0.0878. The second-order valence-electron chi connectivity index (χ2n) is 4.94. The highest BCUT2D eigenvalue weighted by molar-refractivity contribution is 5.56. The Morgan fingerprint density at radius 1 is 1.33 bits per heavy atom. The Kier molecular flexibility index (Phi) is 4.59. The van der Waals surface area contributed by atoms with E-state index in [1.165, 1.54) is 12.8 Å². The summed E-state index contributed by atoms with van der Waals surface area (Å²) in [5.41, 5.74) is 1.90. The van der Waals surface area contributed by atoms with Gasteiger partial charge in [-0.1, -0.05) is 19.9 Å². The molecule has 2 rings (SSSR count). The highest BCUT2D eigenvalue weighted by Gasteiger charge is 2.30. The van der Waals surface area contributed by atoms with Crippen LogP contribution in [0.15, 0.2) is 18.2 Å². The number of hydrogen-bond donors (Lipinski definition) is 1. The van der Waals surface area contributed by atoms with E-state index in [-0.39, 0.29) is 5.82 Å². The second-order valence-corrected chi connectivity index (χ2v) is 4.94. The van der Waals surface area contributed by atoms with E-state index in [0.29, 0.717) is 12.6 Å². The number of anilines is 1. The quantitative estimate of drug-likeness (QED) is 0.798. The first-order valence-corrected chi connectivity index (χ1v) is 7.02. The molecule has 2 nitrogen and oxygen atoms in total. The maximum absolute atomic E-state index is 14.0. The predicted octanol–water partition coefficient (Wildman–Crippen LogP) is 3.31. The van der Waals surface area contributed by atoms with Gasteiger partial charge in [-0.2, -0.15) is 0 Å². The lowest BCUT2D eigenvalue weighted by Gasteiger charge is -2.27. The molecule has 0 aromatic heterocycles. The van der Waals surface area contributed by atoms with Crippen molar-refractivity contribution in [1.29, 1.82) is 0 Å². The third kappa shape index (κ3) is 3.02. The molecule has 1 saturated carbocycles. The average Bonchev–Trinajstić information content (AvgIpc) is 3.19. The molecule has 0 saturated heterocycles. The summed E-state index contributed by atoms with van der Waals surface area (Å²) in [7, 11) is 0. The largest absolute Gasteiger partial charge is 0.368 e. The molecule has 1 fully saturated rings. The zero-order valence-corrected chi connectivity index (χ0v) is 11.4. The zero-order chi connectivity index (χ0) is 13.0. The van der Waals surface area contributed by atoms with Crippen molar-refractivity contribution in [3.8, 4) is 0 Å². The summed E-state index contributed by atoms with van der Waals surface area (Å²) in [6, 6.07) is 6.08. The summed E-state index contributed by atoms with van der Waals surface area (Å²) in [4.78, 5) is 2.38. The van der Waals surface area contributed by atoms with Gasteiger partial charge in [-0.25, -0.2) is 4.39 Å². The molecule has 1 aliphatic carbocycles. The fraction of sp³-hybridized carbons (Fsp3) is 0.600. The van der Waals surface area contributed by atoms with Crippen LogP contribution < -0.4 is 10.2 Å². The van der Waals surface area contributed by atoms with E-state index in [4.69, 9.17) is 0 Å². The van der Waals surface area contributed by atoms with Crippen LogP contribution >= 0.6 is 0 Å². The van der Waals surface area contributed by atoms with Gasteiger partial charge in [0.15, 0.2) is 0 Å². The van der Waals surface area contributed by atoms with Gasteiger partial charge in [0.1, 0.15) is 5.82 Å². The Balaban J connectivity index is 2.25. The van der Waals surface area contributed by atoms with Crippen LogP contribution in [-0.4, -0.2) is 19.1 Å². The van der Waals surface area contributed by atoms with Gasteiger partial charge in [-0.3, -0.25) is 0 Å². The smallest absolute Gasteiger partial charge is 0.129 e. The van der Waals surface area contributed by atoms with Crippen LogP contribution in [0.5, 0.6) is 0 Å². The van der Waals surface area contributed by atoms with Gasteiger partial charge in [0.05, 0.1) is 0 Å². The minimum atomic E-state index is -0.0878. The number of rotatable bonds is 7. The van der Waals surface area contributed by atoms with E-state index >= 15 is 0 Å². The van der Waals surface area contributed by atoms with Crippen molar-refractivity contribution < 1.29 is 4.39 Å². The standard InChI is InChI=1S/C15H23FN2/c1-3-10-18(12-8-9-12)15-7-5-6-14(16)13(15)11-17-4-2/h5-7,12,17H,3-4,8-11H2,1-2H3. The Labute approximate surface area is 109 Å². The highest BCUT2D eigenvalue weighted by atomic mass is 19.1. The molecule has 1 N–H and O–H groups in total. The molecule has 100 valence electrons.